The number of nitrogens with one attached hydrogen (secondary N) is 1. The summed E-state index contributed by atoms with van der Waals surface area (Å²) >= 11 is 0. The van der Waals surface area contributed by atoms with Gasteiger partial charge in [0, 0.05) is 6.08 Å². The van der Waals surface area contributed by atoms with Crippen LogP contribution in [0.4, 0.5) is 14.5 Å². The van der Waals surface area contributed by atoms with Crippen molar-refractivity contribution in [3.05, 3.63) is 71.8 Å². The Morgan fingerprint density at radius 3 is 2.29 bits per heavy atom. The summed E-state index contributed by atoms with van der Waals surface area (Å²) in [6.07, 6.45) is 1.49. The second-order valence-electron chi connectivity index (χ2n) is 4.91. The highest BCUT2D eigenvalue weighted by Crippen LogP contribution is 2.18. The molecule has 0 fully saturated rings. The zero-order valence-corrected chi connectivity index (χ0v) is 12.8. The molecule has 0 aliphatic heterocycles. The number of hydrogen-bond donors (Lipinski definition) is 1. The molecule has 0 bridgehead atoms. The van der Waals surface area contributed by atoms with Crippen molar-refractivity contribution in [2.75, 3.05) is 5.32 Å². The molecular formula is C18H15F2NO3. The van der Waals surface area contributed by atoms with Crippen molar-refractivity contribution < 1.29 is 23.1 Å². The van der Waals surface area contributed by atoms with E-state index in [-0.39, 0.29) is 0 Å². The van der Waals surface area contributed by atoms with Crippen LogP contribution in [0.2, 0.25) is 0 Å². The van der Waals surface area contributed by atoms with Crippen LogP contribution in [0.1, 0.15) is 12.5 Å². The van der Waals surface area contributed by atoms with E-state index in [9.17, 15) is 18.4 Å². The van der Waals surface area contributed by atoms with Gasteiger partial charge in [-0.25, -0.2) is 13.6 Å². The third kappa shape index (κ3) is 4.74. The van der Waals surface area contributed by atoms with E-state index in [4.69, 9.17) is 4.74 Å². The molecule has 0 spiro atoms. The maximum absolute atomic E-state index is 13.5. The molecule has 0 radical (unpaired) electrons. The van der Waals surface area contributed by atoms with E-state index >= 15 is 0 Å². The second kappa shape index (κ2) is 8.01. The molecule has 0 saturated carbocycles. The third-order valence-electron chi connectivity index (χ3n) is 3.08. The lowest BCUT2D eigenvalue weighted by molar-refractivity contribution is -0.148. The average molecular weight is 331 g/mol. The summed E-state index contributed by atoms with van der Waals surface area (Å²) in [5, 5.41) is 2.07. The second-order valence-corrected chi connectivity index (χ2v) is 4.91. The Kier molecular flexibility index (Phi) is 5.78. The van der Waals surface area contributed by atoms with Crippen LogP contribution in [0.5, 0.6) is 0 Å². The number of esters is 1. The molecular weight excluding hydrogens is 316 g/mol. The summed E-state index contributed by atoms with van der Waals surface area (Å²) in [5.41, 5.74) is 0.213. The van der Waals surface area contributed by atoms with Gasteiger partial charge >= 0.3 is 5.97 Å². The van der Waals surface area contributed by atoms with Gasteiger partial charge in [-0.2, -0.15) is 0 Å². The van der Waals surface area contributed by atoms with Crippen molar-refractivity contribution in [1.29, 1.82) is 0 Å². The zero-order valence-electron chi connectivity index (χ0n) is 12.8. The fourth-order valence-corrected chi connectivity index (χ4v) is 1.84. The van der Waals surface area contributed by atoms with E-state index in [1.54, 1.807) is 12.1 Å². The molecule has 1 atom stereocenters. The highest BCUT2D eigenvalue weighted by Gasteiger charge is 2.19. The number of carbonyl (C=O) groups excluding carboxylic acids is 2. The normalized spacial score (nSPS) is 12.0. The number of rotatable bonds is 5. The minimum atomic E-state index is -1.21. The molecule has 24 heavy (non-hydrogen) atoms. The first kappa shape index (κ1) is 17.3. The summed E-state index contributed by atoms with van der Waals surface area (Å²) in [4.78, 5) is 23.6. The van der Waals surface area contributed by atoms with E-state index in [2.05, 4.69) is 5.32 Å². The van der Waals surface area contributed by atoms with Gasteiger partial charge in [-0.05, 0) is 30.7 Å². The number of anilines is 1. The maximum atomic E-state index is 13.5. The number of benzene rings is 2. The maximum Gasteiger partial charge on any atom is 0.331 e. The number of amides is 1. The third-order valence-corrected chi connectivity index (χ3v) is 3.08. The van der Waals surface area contributed by atoms with Crippen LogP contribution in [-0.2, 0) is 14.3 Å². The molecule has 0 saturated heterocycles. The average Bonchev–Trinajstić information content (AvgIpc) is 2.57. The molecule has 1 N–H and O–H groups in total. The Hall–Kier alpha value is -3.02. The summed E-state index contributed by atoms with van der Waals surface area (Å²) in [5.74, 6) is -3.40. The van der Waals surface area contributed by atoms with Crippen molar-refractivity contribution >= 4 is 23.6 Å². The Bertz CT molecular complexity index is 740. The van der Waals surface area contributed by atoms with E-state index < -0.39 is 35.3 Å². The lowest BCUT2D eigenvalue weighted by Crippen LogP contribution is -2.30. The van der Waals surface area contributed by atoms with Crippen LogP contribution in [0, 0.1) is 11.6 Å². The van der Waals surface area contributed by atoms with Gasteiger partial charge in [-0.1, -0.05) is 36.4 Å². The molecule has 0 aliphatic carbocycles. The molecule has 0 heterocycles. The Labute approximate surface area is 137 Å². The number of halogens is 2. The number of para-hydroxylation sites is 1. The molecule has 0 aromatic heterocycles. The monoisotopic (exact) mass is 331 g/mol. The van der Waals surface area contributed by atoms with Gasteiger partial charge in [0.25, 0.3) is 5.91 Å². The van der Waals surface area contributed by atoms with Gasteiger partial charge in [0.15, 0.2) is 6.10 Å². The molecule has 2 aromatic rings. The largest absolute Gasteiger partial charge is 0.449 e. The molecule has 124 valence electrons. The van der Waals surface area contributed by atoms with Gasteiger partial charge in [0.05, 0.1) is 0 Å². The SMILES string of the molecule is CC(OC(=O)/C=C/c1ccccc1)C(=O)Nc1c(F)cccc1F. The van der Waals surface area contributed by atoms with E-state index in [0.717, 1.165) is 17.7 Å². The number of carbonyl (C=O) groups is 2. The van der Waals surface area contributed by atoms with Crippen molar-refractivity contribution in [1.82, 2.24) is 0 Å². The summed E-state index contributed by atoms with van der Waals surface area (Å²) in [7, 11) is 0. The van der Waals surface area contributed by atoms with Gasteiger partial charge in [0.1, 0.15) is 17.3 Å². The van der Waals surface area contributed by atoms with Crippen LogP contribution in [0.25, 0.3) is 6.08 Å². The van der Waals surface area contributed by atoms with Crippen molar-refractivity contribution in [3.8, 4) is 0 Å². The minimum Gasteiger partial charge on any atom is -0.449 e. The topological polar surface area (TPSA) is 55.4 Å². The smallest absolute Gasteiger partial charge is 0.331 e. The molecule has 4 nitrogen and oxygen atoms in total. The first-order valence-corrected chi connectivity index (χ1v) is 7.16. The molecule has 2 aromatic carbocycles. The predicted octanol–water partition coefficient (Wildman–Crippen LogP) is 3.55. The van der Waals surface area contributed by atoms with Crippen molar-refractivity contribution in [2.24, 2.45) is 0 Å². The Morgan fingerprint density at radius 1 is 1.04 bits per heavy atom. The molecule has 6 heteroatoms. The van der Waals surface area contributed by atoms with Gasteiger partial charge < -0.3 is 10.1 Å². The quantitative estimate of drug-likeness (QED) is 0.673. The number of hydrogen-bond acceptors (Lipinski definition) is 3. The Morgan fingerprint density at radius 2 is 1.67 bits per heavy atom. The van der Waals surface area contributed by atoms with Gasteiger partial charge in [0.2, 0.25) is 0 Å². The van der Waals surface area contributed by atoms with Crippen molar-refractivity contribution in [2.45, 2.75) is 13.0 Å². The van der Waals surface area contributed by atoms with Gasteiger partial charge in [-0.15, -0.1) is 0 Å². The molecule has 1 amide bonds. The van der Waals surface area contributed by atoms with Crippen LogP contribution < -0.4 is 5.32 Å². The van der Waals surface area contributed by atoms with Crippen LogP contribution in [-0.4, -0.2) is 18.0 Å². The molecule has 0 aliphatic rings. The van der Waals surface area contributed by atoms with Crippen molar-refractivity contribution in [3.63, 3.8) is 0 Å². The van der Waals surface area contributed by atoms with E-state index in [1.807, 2.05) is 18.2 Å². The Balaban J connectivity index is 1.94. The lowest BCUT2D eigenvalue weighted by atomic mass is 10.2. The summed E-state index contributed by atoms with van der Waals surface area (Å²) in [6.45, 7) is 1.31. The van der Waals surface area contributed by atoms with E-state index in [1.165, 1.54) is 25.1 Å². The summed E-state index contributed by atoms with van der Waals surface area (Å²) in [6, 6.07) is 12.2. The highest BCUT2D eigenvalue weighted by atomic mass is 19.1. The van der Waals surface area contributed by atoms with Crippen LogP contribution in [0.3, 0.4) is 0 Å². The molecule has 2 rings (SSSR count). The highest BCUT2D eigenvalue weighted by molar-refractivity contribution is 5.96. The predicted molar refractivity (Wildman–Crippen MR) is 86.0 cm³/mol. The van der Waals surface area contributed by atoms with Gasteiger partial charge in [-0.3, -0.25) is 4.79 Å². The van der Waals surface area contributed by atoms with E-state index in [0.29, 0.717) is 0 Å². The zero-order chi connectivity index (χ0) is 17.5. The first-order valence-electron chi connectivity index (χ1n) is 7.16. The van der Waals surface area contributed by atoms with Crippen LogP contribution >= 0.6 is 0 Å². The fraction of sp³-hybridized carbons (Fsp3) is 0.111. The first-order chi connectivity index (χ1) is 11.5. The summed E-state index contributed by atoms with van der Waals surface area (Å²) < 4.78 is 31.8. The van der Waals surface area contributed by atoms with Crippen LogP contribution in [0.15, 0.2) is 54.6 Å². The molecule has 1 unspecified atom stereocenters. The fourth-order valence-electron chi connectivity index (χ4n) is 1.84. The standard InChI is InChI=1S/C18H15F2NO3/c1-12(18(23)21-17-14(19)8-5-9-15(17)20)24-16(22)11-10-13-6-3-2-4-7-13/h2-12H,1H3,(H,21,23)/b11-10+. The number of ether oxygens (including phenoxy) is 1. The minimum absolute atomic E-state index is 0.578. The lowest BCUT2D eigenvalue weighted by Gasteiger charge is -2.13.